The van der Waals surface area contributed by atoms with Crippen LogP contribution in [0.3, 0.4) is 0 Å². The van der Waals surface area contributed by atoms with Crippen LogP contribution in [0.5, 0.6) is 5.75 Å². The maximum Gasteiger partial charge on any atom is 0.359 e. The molecule has 0 spiro atoms. The monoisotopic (exact) mass is 292 g/mol. The number of nitrogens with zero attached hydrogens (tertiary/aromatic N) is 2. The van der Waals surface area contributed by atoms with E-state index in [1.54, 1.807) is 14.0 Å². The van der Waals surface area contributed by atoms with Crippen LogP contribution >= 0.6 is 0 Å². The van der Waals surface area contributed by atoms with Gasteiger partial charge in [-0.1, -0.05) is 18.2 Å². The zero-order valence-corrected chi connectivity index (χ0v) is 12.2. The van der Waals surface area contributed by atoms with Crippen LogP contribution in [0.25, 0.3) is 0 Å². The van der Waals surface area contributed by atoms with Crippen molar-refractivity contribution >= 4 is 5.97 Å². The highest BCUT2D eigenvalue weighted by Gasteiger charge is 2.24. The van der Waals surface area contributed by atoms with Crippen molar-refractivity contribution in [3.8, 4) is 5.75 Å². The molecule has 1 aromatic heterocycles. The normalized spacial score (nSPS) is 12.0. The molecule has 1 atom stereocenters. The average Bonchev–Trinajstić information content (AvgIpc) is 2.88. The minimum absolute atomic E-state index is 0.173. The van der Waals surface area contributed by atoms with E-state index >= 15 is 0 Å². The lowest BCUT2D eigenvalue weighted by Crippen LogP contribution is -2.17. The number of para-hydroxylation sites is 1. The number of rotatable bonds is 5. The minimum Gasteiger partial charge on any atom is -0.496 e. The Labute approximate surface area is 122 Å². The highest BCUT2D eigenvalue weighted by molar-refractivity contribution is 5.87. The second-order valence-electron chi connectivity index (χ2n) is 4.43. The third-order valence-corrected chi connectivity index (χ3v) is 3.22. The van der Waals surface area contributed by atoms with Gasteiger partial charge in [0.05, 0.1) is 26.1 Å². The standard InChI is InChI=1S/C15H17FN2O3/c1-4-21-15(19)13-14(16)17-9-18(13)10(2)11-7-5-6-8-12(11)20-3/h5-10H,4H2,1-3H3. The summed E-state index contributed by atoms with van der Waals surface area (Å²) in [6.45, 7) is 3.67. The van der Waals surface area contributed by atoms with Crippen LogP contribution in [-0.2, 0) is 4.74 Å². The summed E-state index contributed by atoms with van der Waals surface area (Å²) in [6, 6.07) is 7.04. The molecule has 0 saturated carbocycles. The first-order valence-corrected chi connectivity index (χ1v) is 6.62. The highest BCUT2D eigenvalue weighted by Crippen LogP contribution is 2.29. The van der Waals surface area contributed by atoms with Gasteiger partial charge < -0.3 is 14.0 Å². The minimum atomic E-state index is -0.838. The summed E-state index contributed by atoms with van der Waals surface area (Å²) < 4.78 is 25.4. The second kappa shape index (κ2) is 6.39. The van der Waals surface area contributed by atoms with Crippen molar-refractivity contribution < 1.29 is 18.7 Å². The van der Waals surface area contributed by atoms with Crippen LogP contribution in [0.15, 0.2) is 30.6 Å². The first-order chi connectivity index (χ1) is 10.1. The fraction of sp³-hybridized carbons (Fsp3) is 0.333. The summed E-state index contributed by atoms with van der Waals surface area (Å²) in [5.74, 6) is -0.904. The Morgan fingerprint density at radius 1 is 1.43 bits per heavy atom. The molecular weight excluding hydrogens is 275 g/mol. The zero-order chi connectivity index (χ0) is 15.4. The van der Waals surface area contributed by atoms with Crippen LogP contribution in [0.4, 0.5) is 4.39 Å². The van der Waals surface area contributed by atoms with Crippen molar-refractivity contribution in [3.05, 3.63) is 47.8 Å². The number of carbonyl (C=O) groups is 1. The molecule has 112 valence electrons. The highest BCUT2D eigenvalue weighted by atomic mass is 19.1. The van der Waals surface area contributed by atoms with Gasteiger partial charge in [0.15, 0.2) is 5.69 Å². The van der Waals surface area contributed by atoms with E-state index < -0.39 is 11.9 Å². The predicted octanol–water partition coefficient (Wildman–Crippen LogP) is 2.82. The van der Waals surface area contributed by atoms with Crippen molar-refractivity contribution in [3.63, 3.8) is 0 Å². The smallest absolute Gasteiger partial charge is 0.359 e. The molecule has 0 radical (unpaired) electrons. The molecule has 0 aliphatic heterocycles. The van der Waals surface area contributed by atoms with E-state index in [1.165, 1.54) is 10.9 Å². The SMILES string of the molecule is CCOC(=O)c1c(F)ncn1C(C)c1ccccc1OC. The van der Waals surface area contributed by atoms with Crippen LogP contribution in [0, 0.1) is 5.95 Å². The van der Waals surface area contributed by atoms with Gasteiger partial charge in [-0.3, -0.25) is 0 Å². The van der Waals surface area contributed by atoms with Gasteiger partial charge in [0.25, 0.3) is 0 Å². The van der Waals surface area contributed by atoms with Gasteiger partial charge in [-0.05, 0) is 19.9 Å². The van der Waals surface area contributed by atoms with E-state index in [0.29, 0.717) is 5.75 Å². The van der Waals surface area contributed by atoms with Crippen LogP contribution in [0.2, 0.25) is 0 Å². The Balaban J connectivity index is 2.44. The third kappa shape index (κ3) is 2.89. The molecule has 0 saturated heterocycles. The predicted molar refractivity (Wildman–Crippen MR) is 74.9 cm³/mol. The van der Waals surface area contributed by atoms with E-state index in [1.807, 2.05) is 31.2 Å². The lowest BCUT2D eigenvalue weighted by atomic mass is 10.1. The molecule has 1 unspecified atom stereocenters. The van der Waals surface area contributed by atoms with E-state index in [2.05, 4.69) is 4.98 Å². The Kier molecular flexibility index (Phi) is 4.57. The first-order valence-electron chi connectivity index (χ1n) is 6.62. The van der Waals surface area contributed by atoms with Gasteiger partial charge in [-0.15, -0.1) is 0 Å². The van der Waals surface area contributed by atoms with Crippen LogP contribution in [-0.4, -0.2) is 29.2 Å². The summed E-state index contributed by atoms with van der Waals surface area (Å²) >= 11 is 0. The molecule has 0 N–H and O–H groups in total. The fourth-order valence-corrected chi connectivity index (χ4v) is 2.18. The molecule has 2 aromatic rings. The van der Waals surface area contributed by atoms with Crippen molar-refractivity contribution in [2.75, 3.05) is 13.7 Å². The molecule has 2 rings (SSSR count). The summed E-state index contributed by atoms with van der Waals surface area (Å²) in [5, 5.41) is 0. The van der Waals surface area contributed by atoms with Crippen molar-refractivity contribution in [2.45, 2.75) is 19.9 Å². The van der Waals surface area contributed by atoms with Gasteiger partial charge in [-0.2, -0.15) is 4.39 Å². The number of ether oxygens (including phenoxy) is 2. The second-order valence-corrected chi connectivity index (χ2v) is 4.43. The topological polar surface area (TPSA) is 53.3 Å². The maximum atomic E-state index is 13.8. The van der Waals surface area contributed by atoms with E-state index in [0.717, 1.165) is 5.56 Å². The van der Waals surface area contributed by atoms with E-state index in [-0.39, 0.29) is 18.3 Å². The number of imidazole rings is 1. The molecule has 21 heavy (non-hydrogen) atoms. The molecule has 0 aliphatic carbocycles. The molecule has 1 heterocycles. The van der Waals surface area contributed by atoms with Crippen LogP contribution in [0.1, 0.15) is 35.9 Å². The lowest BCUT2D eigenvalue weighted by molar-refractivity contribution is 0.0506. The van der Waals surface area contributed by atoms with Gasteiger partial charge in [-0.25, -0.2) is 9.78 Å². The first kappa shape index (κ1) is 15.0. The van der Waals surface area contributed by atoms with Crippen molar-refractivity contribution in [1.29, 1.82) is 0 Å². The molecule has 1 aromatic carbocycles. The number of aromatic nitrogens is 2. The number of methoxy groups -OCH3 is 1. The zero-order valence-electron chi connectivity index (χ0n) is 12.2. The summed E-state index contributed by atoms with van der Waals surface area (Å²) in [7, 11) is 1.56. The largest absolute Gasteiger partial charge is 0.496 e. The van der Waals surface area contributed by atoms with Crippen molar-refractivity contribution in [1.82, 2.24) is 9.55 Å². The number of benzene rings is 1. The molecular formula is C15H17FN2O3. The quantitative estimate of drug-likeness (QED) is 0.795. The Morgan fingerprint density at radius 3 is 2.81 bits per heavy atom. The molecule has 0 bridgehead atoms. The lowest BCUT2D eigenvalue weighted by Gasteiger charge is -2.18. The maximum absolute atomic E-state index is 13.8. The third-order valence-electron chi connectivity index (χ3n) is 3.22. The average molecular weight is 292 g/mol. The van der Waals surface area contributed by atoms with Crippen molar-refractivity contribution in [2.24, 2.45) is 0 Å². The number of halogens is 1. The Bertz CT molecular complexity index is 640. The van der Waals surface area contributed by atoms with E-state index in [4.69, 9.17) is 9.47 Å². The number of hydrogen-bond donors (Lipinski definition) is 0. The van der Waals surface area contributed by atoms with Gasteiger partial charge in [0, 0.05) is 5.56 Å². The molecule has 5 nitrogen and oxygen atoms in total. The Morgan fingerprint density at radius 2 is 2.14 bits per heavy atom. The number of carbonyl (C=O) groups excluding carboxylic acids is 1. The number of hydrogen-bond acceptors (Lipinski definition) is 4. The molecule has 0 fully saturated rings. The van der Waals surface area contributed by atoms with Gasteiger partial charge in [0.1, 0.15) is 5.75 Å². The van der Waals surface area contributed by atoms with Gasteiger partial charge in [0.2, 0.25) is 5.95 Å². The fourth-order valence-electron chi connectivity index (χ4n) is 2.18. The number of esters is 1. The van der Waals surface area contributed by atoms with E-state index in [9.17, 15) is 9.18 Å². The summed E-state index contributed by atoms with van der Waals surface area (Å²) in [5.41, 5.74) is 0.637. The molecule has 0 amide bonds. The molecule has 6 heteroatoms. The van der Waals surface area contributed by atoms with Crippen LogP contribution < -0.4 is 4.74 Å². The summed E-state index contributed by atoms with van der Waals surface area (Å²) in [4.78, 5) is 15.5. The Hall–Kier alpha value is -2.37. The molecule has 0 aliphatic rings. The van der Waals surface area contributed by atoms with Gasteiger partial charge >= 0.3 is 5.97 Å². The summed E-state index contributed by atoms with van der Waals surface area (Å²) in [6.07, 6.45) is 1.29.